The van der Waals surface area contributed by atoms with Crippen molar-refractivity contribution in [2.45, 2.75) is 46.1 Å². The molecule has 0 aromatic heterocycles. The number of rotatable bonds is 7. The Hall–Kier alpha value is 0.310. The van der Waals surface area contributed by atoms with E-state index in [1.165, 1.54) is 25.0 Å². The van der Waals surface area contributed by atoms with Crippen LogP contribution < -0.4 is 5.73 Å². The third-order valence-corrected chi connectivity index (χ3v) is 3.28. The zero-order valence-corrected chi connectivity index (χ0v) is 9.49. The molecular formula is C10H23NS. The van der Waals surface area contributed by atoms with Gasteiger partial charge >= 0.3 is 0 Å². The van der Waals surface area contributed by atoms with E-state index >= 15 is 0 Å². The molecule has 0 saturated carbocycles. The molecule has 2 heteroatoms. The summed E-state index contributed by atoms with van der Waals surface area (Å²) < 4.78 is 0. The van der Waals surface area contributed by atoms with Gasteiger partial charge in [0.2, 0.25) is 0 Å². The van der Waals surface area contributed by atoms with Crippen LogP contribution in [0.3, 0.4) is 0 Å². The molecule has 1 unspecified atom stereocenters. The summed E-state index contributed by atoms with van der Waals surface area (Å²) in [7, 11) is 0. The second-order valence-corrected chi connectivity index (χ2v) is 4.91. The number of hydrogen-bond acceptors (Lipinski definition) is 2. The highest BCUT2D eigenvalue weighted by Gasteiger charge is 2.02. The van der Waals surface area contributed by atoms with E-state index in [1.54, 1.807) is 0 Å². The van der Waals surface area contributed by atoms with Crippen LogP contribution in [-0.4, -0.2) is 17.5 Å². The molecule has 0 rings (SSSR count). The second-order valence-electron chi connectivity index (χ2n) is 3.83. The Morgan fingerprint density at radius 1 is 1.25 bits per heavy atom. The molecule has 0 spiro atoms. The van der Waals surface area contributed by atoms with Gasteiger partial charge in [0.1, 0.15) is 0 Å². The maximum atomic E-state index is 5.93. The first-order valence-electron chi connectivity index (χ1n) is 5.00. The first-order chi connectivity index (χ1) is 5.66. The zero-order valence-electron chi connectivity index (χ0n) is 8.68. The van der Waals surface area contributed by atoms with Gasteiger partial charge in [-0.3, -0.25) is 0 Å². The van der Waals surface area contributed by atoms with E-state index in [4.69, 9.17) is 5.73 Å². The van der Waals surface area contributed by atoms with E-state index in [2.05, 4.69) is 20.8 Å². The summed E-state index contributed by atoms with van der Waals surface area (Å²) in [6, 6.07) is 0.425. The van der Waals surface area contributed by atoms with Gasteiger partial charge in [0, 0.05) is 11.8 Å². The van der Waals surface area contributed by atoms with Crippen molar-refractivity contribution in [3.8, 4) is 0 Å². The van der Waals surface area contributed by atoms with E-state index in [0.29, 0.717) is 6.04 Å². The molecule has 0 aromatic carbocycles. The van der Waals surface area contributed by atoms with Crippen molar-refractivity contribution in [2.24, 2.45) is 11.7 Å². The molecule has 2 N–H and O–H groups in total. The summed E-state index contributed by atoms with van der Waals surface area (Å²) in [5.41, 5.74) is 5.93. The zero-order chi connectivity index (χ0) is 9.40. The fourth-order valence-corrected chi connectivity index (χ4v) is 2.08. The van der Waals surface area contributed by atoms with E-state index in [9.17, 15) is 0 Å². The molecule has 74 valence electrons. The third-order valence-electron chi connectivity index (χ3n) is 1.71. The van der Waals surface area contributed by atoms with Crippen molar-refractivity contribution in [2.75, 3.05) is 11.5 Å². The van der Waals surface area contributed by atoms with E-state index in [-0.39, 0.29) is 0 Å². The molecule has 0 aromatic rings. The minimum atomic E-state index is 0.425. The molecular weight excluding hydrogens is 166 g/mol. The topological polar surface area (TPSA) is 26.0 Å². The molecule has 0 fully saturated rings. The van der Waals surface area contributed by atoms with E-state index < -0.39 is 0 Å². The van der Waals surface area contributed by atoms with Crippen molar-refractivity contribution < 1.29 is 0 Å². The normalized spacial score (nSPS) is 13.8. The predicted octanol–water partition coefficient (Wildman–Crippen LogP) is 2.89. The molecule has 12 heavy (non-hydrogen) atoms. The van der Waals surface area contributed by atoms with Crippen LogP contribution in [0.5, 0.6) is 0 Å². The highest BCUT2D eigenvalue weighted by atomic mass is 32.2. The second kappa shape index (κ2) is 7.93. The Morgan fingerprint density at radius 3 is 2.42 bits per heavy atom. The van der Waals surface area contributed by atoms with Gasteiger partial charge in [-0.2, -0.15) is 11.8 Å². The summed E-state index contributed by atoms with van der Waals surface area (Å²) in [5, 5.41) is 0. The van der Waals surface area contributed by atoms with Gasteiger partial charge < -0.3 is 5.73 Å². The molecule has 0 aliphatic rings. The molecule has 0 heterocycles. The monoisotopic (exact) mass is 189 g/mol. The summed E-state index contributed by atoms with van der Waals surface area (Å²) in [5.74, 6) is 3.19. The van der Waals surface area contributed by atoms with Crippen molar-refractivity contribution >= 4 is 11.8 Å². The van der Waals surface area contributed by atoms with Crippen LogP contribution >= 0.6 is 11.8 Å². The smallest absolute Gasteiger partial charge is 0.0130 e. The lowest BCUT2D eigenvalue weighted by Crippen LogP contribution is -2.22. The lowest BCUT2D eigenvalue weighted by Gasteiger charge is -2.11. The van der Waals surface area contributed by atoms with E-state index in [0.717, 1.165) is 11.7 Å². The Kier molecular flexibility index (Phi) is 8.14. The minimum Gasteiger partial charge on any atom is -0.327 e. The van der Waals surface area contributed by atoms with Gasteiger partial charge in [-0.25, -0.2) is 0 Å². The minimum absolute atomic E-state index is 0.425. The van der Waals surface area contributed by atoms with Crippen LogP contribution in [-0.2, 0) is 0 Å². The van der Waals surface area contributed by atoms with Crippen molar-refractivity contribution in [3.63, 3.8) is 0 Å². The van der Waals surface area contributed by atoms with Gasteiger partial charge in [-0.05, 0) is 18.1 Å². The van der Waals surface area contributed by atoms with Crippen LogP contribution in [0.25, 0.3) is 0 Å². The van der Waals surface area contributed by atoms with Gasteiger partial charge in [0.25, 0.3) is 0 Å². The van der Waals surface area contributed by atoms with Crippen LogP contribution in [0.2, 0.25) is 0 Å². The van der Waals surface area contributed by atoms with Crippen LogP contribution in [0.15, 0.2) is 0 Å². The predicted molar refractivity (Wildman–Crippen MR) is 59.7 cm³/mol. The molecule has 1 nitrogen and oxygen atoms in total. The molecule has 0 bridgehead atoms. The molecule has 0 radical (unpaired) electrons. The highest BCUT2D eigenvalue weighted by Crippen LogP contribution is 2.10. The Labute approximate surface area is 81.5 Å². The average Bonchev–Trinajstić information content (AvgIpc) is 2.00. The average molecular weight is 189 g/mol. The number of hydrogen-bond donors (Lipinski definition) is 1. The van der Waals surface area contributed by atoms with Crippen LogP contribution in [0.4, 0.5) is 0 Å². The van der Waals surface area contributed by atoms with Gasteiger partial charge in [-0.1, -0.05) is 33.6 Å². The van der Waals surface area contributed by atoms with Crippen molar-refractivity contribution in [1.29, 1.82) is 0 Å². The van der Waals surface area contributed by atoms with Crippen LogP contribution in [0, 0.1) is 5.92 Å². The van der Waals surface area contributed by atoms with Gasteiger partial charge in [-0.15, -0.1) is 0 Å². The largest absolute Gasteiger partial charge is 0.327 e. The lowest BCUT2D eigenvalue weighted by atomic mass is 10.2. The molecule has 1 atom stereocenters. The first kappa shape index (κ1) is 12.3. The maximum Gasteiger partial charge on any atom is 0.0130 e. The molecule has 0 saturated heterocycles. The van der Waals surface area contributed by atoms with Crippen molar-refractivity contribution in [1.82, 2.24) is 0 Å². The quantitative estimate of drug-likeness (QED) is 0.666. The standard InChI is InChI=1S/C10H23NS/c1-4-5-6-10(11)8-12-7-9(2)3/h9-10H,4-8,11H2,1-3H3. The number of nitrogens with two attached hydrogens (primary N) is 1. The fraction of sp³-hybridized carbons (Fsp3) is 1.00. The Balaban J connectivity index is 3.13. The lowest BCUT2D eigenvalue weighted by molar-refractivity contribution is 0.621. The van der Waals surface area contributed by atoms with Gasteiger partial charge in [0.15, 0.2) is 0 Å². The third kappa shape index (κ3) is 8.41. The van der Waals surface area contributed by atoms with E-state index in [1.807, 2.05) is 11.8 Å². The summed E-state index contributed by atoms with van der Waals surface area (Å²) in [6.07, 6.45) is 3.74. The Bertz CT molecular complexity index is 93.8. The van der Waals surface area contributed by atoms with Crippen LogP contribution in [0.1, 0.15) is 40.0 Å². The number of unbranched alkanes of at least 4 members (excludes halogenated alkanes) is 1. The van der Waals surface area contributed by atoms with Crippen molar-refractivity contribution in [3.05, 3.63) is 0 Å². The number of thioether (sulfide) groups is 1. The summed E-state index contributed by atoms with van der Waals surface area (Å²) in [4.78, 5) is 0. The SMILES string of the molecule is CCCCC(N)CSCC(C)C. The first-order valence-corrected chi connectivity index (χ1v) is 6.15. The fourth-order valence-electron chi connectivity index (χ4n) is 1.00. The summed E-state index contributed by atoms with van der Waals surface area (Å²) >= 11 is 1.99. The maximum absolute atomic E-state index is 5.93. The molecule has 0 amide bonds. The Morgan fingerprint density at radius 2 is 1.92 bits per heavy atom. The molecule has 0 aliphatic carbocycles. The van der Waals surface area contributed by atoms with Gasteiger partial charge in [0.05, 0.1) is 0 Å². The molecule has 0 aliphatic heterocycles. The highest BCUT2D eigenvalue weighted by molar-refractivity contribution is 7.99. The summed E-state index contributed by atoms with van der Waals surface area (Å²) in [6.45, 7) is 6.73.